The van der Waals surface area contributed by atoms with Crippen molar-refractivity contribution in [1.29, 1.82) is 0 Å². The van der Waals surface area contributed by atoms with Crippen LogP contribution >= 0.6 is 11.8 Å². The van der Waals surface area contributed by atoms with Gasteiger partial charge < -0.3 is 9.64 Å². The molecule has 2 bridgehead atoms. The molecule has 1 aromatic carbocycles. The third-order valence-electron chi connectivity index (χ3n) is 6.05. The smallest absolute Gasteiger partial charge is 0.255 e. The summed E-state index contributed by atoms with van der Waals surface area (Å²) in [6.07, 6.45) is 6.31. The third kappa shape index (κ3) is 3.90. The molecule has 1 aliphatic heterocycles. The SMILES string of the molecule is CSc1ccc(S(=O)(=O)NC2CC3CCC2C3)cc1C(=O)N1CCOCC1. The maximum atomic E-state index is 13.0. The van der Waals surface area contributed by atoms with Gasteiger partial charge in [-0.05, 0) is 55.6 Å². The third-order valence-corrected chi connectivity index (χ3v) is 8.34. The number of rotatable bonds is 5. The lowest BCUT2D eigenvalue weighted by molar-refractivity contribution is 0.0300. The van der Waals surface area contributed by atoms with Crippen molar-refractivity contribution in [2.75, 3.05) is 32.6 Å². The van der Waals surface area contributed by atoms with Crippen LogP contribution in [0, 0.1) is 11.8 Å². The van der Waals surface area contributed by atoms with Gasteiger partial charge in [-0.15, -0.1) is 11.8 Å². The number of hydrogen-bond donors (Lipinski definition) is 1. The number of fused-ring (bicyclic) bond motifs is 2. The summed E-state index contributed by atoms with van der Waals surface area (Å²) >= 11 is 1.46. The van der Waals surface area contributed by atoms with Crippen LogP contribution in [-0.2, 0) is 14.8 Å². The number of nitrogens with zero attached hydrogens (tertiary/aromatic N) is 1. The molecule has 3 atom stereocenters. The molecule has 1 aromatic rings. The van der Waals surface area contributed by atoms with Gasteiger partial charge in [-0.1, -0.05) is 6.42 Å². The average Bonchev–Trinajstić information content (AvgIpc) is 3.30. The number of benzene rings is 1. The second-order valence-corrected chi connectivity index (χ2v) is 10.2. The summed E-state index contributed by atoms with van der Waals surface area (Å²) in [5.74, 6) is 1.00. The van der Waals surface area contributed by atoms with Crippen LogP contribution in [0.15, 0.2) is 28.0 Å². The van der Waals surface area contributed by atoms with E-state index in [4.69, 9.17) is 4.74 Å². The van der Waals surface area contributed by atoms with Crippen molar-refractivity contribution in [1.82, 2.24) is 9.62 Å². The van der Waals surface area contributed by atoms with Crippen molar-refractivity contribution in [3.63, 3.8) is 0 Å². The summed E-state index contributed by atoms with van der Waals surface area (Å²) in [5, 5.41) is 0. The van der Waals surface area contributed by atoms with Gasteiger partial charge in [-0.25, -0.2) is 13.1 Å². The van der Waals surface area contributed by atoms with E-state index in [0.717, 1.165) is 24.2 Å². The topological polar surface area (TPSA) is 75.7 Å². The molecule has 4 rings (SSSR count). The van der Waals surface area contributed by atoms with E-state index in [1.54, 1.807) is 23.1 Å². The second kappa shape index (κ2) is 7.73. The Morgan fingerprint density at radius 3 is 2.63 bits per heavy atom. The van der Waals surface area contributed by atoms with E-state index >= 15 is 0 Å². The van der Waals surface area contributed by atoms with Gasteiger partial charge >= 0.3 is 0 Å². The van der Waals surface area contributed by atoms with E-state index in [9.17, 15) is 13.2 Å². The van der Waals surface area contributed by atoms with E-state index in [1.165, 1.54) is 18.2 Å². The number of carbonyl (C=O) groups is 1. The molecule has 6 nitrogen and oxygen atoms in total. The Labute approximate surface area is 165 Å². The van der Waals surface area contributed by atoms with Crippen LogP contribution in [-0.4, -0.2) is 57.8 Å². The Morgan fingerprint density at radius 1 is 1.22 bits per heavy atom. The number of hydrogen-bond acceptors (Lipinski definition) is 5. The molecule has 3 unspecified atom stereocenters. The first-order valence-corrected chi connectivity index (χ1v) is 12.3. The summed E-state index contributed by atoms with van der Waals surface area (Å²) in [6, 6.07) is 4.93. The summed E-state index contributed by atoms with van der Waals surface area (Å²) in [7, 11) is -3.63. The lowest BCUT2D eigenvalue weighted by atomic mass is 9.96. The lowest BCUT2D eigenvalue weighted by Gasteiger charge is -2.28. The normalized spacial score (nSPS) is 27.9. The molecule has 1 heterocycles. The fraction of sp³-hybridized carbons (Fsp3) is 0.632. The van der Waals surface area contributed by atoms with Crippen LogP contribution in [0.4, 0.5) is 0 Å². The molecule has 2 saturated carbocycles. The van der Waals surface area contributed by atoms with Crippen molar-refractivity contribution in [3.8, 4) is 0 Å². The molecular formula is C19H26N2O4S2. The number of morpholine rings is 1. The minimum absolute atomic E-state index is 0.0346. The highest BCUT2D eigenvalue weighted by Gasteiger charge is 2.41. The fourth-order valence-corrected chi connectivity index (χ4v) is 6.53. The minimum atomic E-state index is -3.63. The first-order valence-electron chi connectivity index (χ1n) is 9.55. The monoisotopic (exact) mass is 410 g/mol. The molecule has 1 amide bonds. The van der Waals surface area contributed by atoms with Gasteiger partial charge in [0, 0.05) is 24.0 Å². The number of thioether (sulfide) groups is 1. The van der Waals surface area contributed by atoms with Crippen molar-refractivity contribution >= 4 is 27.7 Å². The second-order valence-electron chi connectivity index (χ2n) is 7.67. The Balaban J connectivity index is 1.58. The van der Waals surface area contributed by atoms with Gasteiger partial charge in [-0.2, -0.15) is 0 Å². The molecule has 148 valence electrons. The molecular weight excluding hydrogens is 384 g/mol. The fourth-order valence-electron chi connectivity index (χ4n) is 4.61. The Hall–Kier alpha value is -1.09. The quantitative estimate of drug-likeness (QED) is 0.754. The number of ether oxygens (including phenoxy) is 1. The van der Waals surface area contributed by atoms with E-state index < -0.39 is 10.0 Å². The Kier molecular flexibility index (Phi) is 5.51. The average molecular weight is 411 g/mol. The highest BCUT2D eigenvalue weighted by Crippen LogP contribution is 2.44. The molecule has 3 fully saturated rings. The largest absolute Gasteiger partial charge is 0.378 e. The zero-order valence-corrected chi connectivity index (χ0v) is 17.2. The van der Waals surface area contributed by atoms with Crippen molar-refractivity contribution < 1.29 is 17.9 Å². The first kappa shape index (κ1) is 19.2. The molecule has 27 heavy (non-hydrogen) atoms. The Bertz CT molecular complexity index is 821. The van der Waals surface area contributed by atoms with Gasteiger partial charge in [0.1, 0.15) is 0 Å². The number of nitrogens with one attached hydrogen (secondary N) is 1. The highest BCUT2D eigenvalue weighted by molar-refractivity contribution is 7.98. The zero-order valence-electron chi connectivity index (χ0n) is 15.5. The van der Waals surface area contributed by atoms with E-state index in [0.29, 0.717) is 43.7 Å². The standard InChI is InChI=1S/C19H26N2O4S2/c1-26-18-5-4-15(12-16(18)19(22)21-6-8-25-9-7-21)27(23,24)20-17-11-13-2-3-14(17)10-13/h4-5,12-14,17,20H,2-3,6-11H2,1H3. The summed E-state index contributed by atoms with van der Waals surface area (Å²) in [4.78, 5) is 15.7. The van der Waals surface area contributed by atoms with Crippen LogP contribution in [0.2, 0.25) is 0 Å². The number of carbonyl (C=O) groups excluding carboxylic acids is 1. The molecule has 0 spiro atoms. The van der Waals surface area contributed by atoms with E-state index in [-0.39, 0.29) is 16.8 Å². The molecule has 3 aliphatic rings. The first-order chi connectivity index (χ1) is 13.0. The van der Waals surface area contributed by atoms with Crippen molar-refractivity contribution in [2.24, 2.45) is 11.8 Å². The van der Waals surface area contributed by atoms with Crippen molar-refractivity contribution in [3.05, 3.63) is 23.8 Å². The van der Waals surface area contributed by atoms with Gasteiger partial charge in [0.05, 0.1) is 23.7 Å². The van der Waals surface area contributed by atoms with E-state index in [2.05, 4.69) is 4.72 Å². The maximum Gasteiger partial charge on any atom is 0.255 e. The molecule has 1 N–H and O–H groups in total. The molecule has 0 aromatic heterocycles. The maximum absolute atomic E-state index is 13.0. The number of amides is 1. The molecule has 1 saturated heterocycles. The minimum Gasteiger partial charge on any atom is -0.378 e. The molecule has 0 radical (unpaired) electrons. The van der Waals surface area contributed by atoms with Crippen molar-refractivity contribution in [2.45, 2.75) is 41.5 Å². The van der Waals surface area contributed by atoms with Gasteiger partial charge in [-0.3, -0.25) is 4.79 Å². The van der Waals surface area contributed by atoms with Crippen LogP contribution in [0.5, 0.6) is 0 Å². The summed E-state index contributed by atoms with van der Waals surface area (Å²) in [5.41, 5.74) is 0.459. The van der Waals surface area contributed by atoms with Crippen LogP contribution in [0.25, 0.3) is 0 Å². The van der Waals surface area contributed by atoms with Gasteiger partial charge in [0.2, 0.25) is 10.0 Å². The van der Waals surface area contributed by atoms with Gasteiger partial charge in [0.25, 0.3) is 5.91 Å². The molecule has 2 aliphatic carbocycles. The zero-order chi connectivity index (χ0) is 19.0. The summed E-state index contributed by atoms with van der Waals surface area (Å²) < 4.78 is 34.1. The molecule has 8 heteroatoms. The van der Waals surface area contributed by atoms with Crippen LogP contribution < -0.4 is 4.72 Å². The van der Waals surface area contributed by atoms with E-state index in [1.807, 2.05) is 6.26 Å². The predicted molar refractivity (Wildman–Crippen MR) is 105 cm³/mol. The van der Waals surface area contributed by atoms with Gasteiger partial charge in [0.15, 0.2) is 0 Å². The lowest BCUT2D eigenvalue weighted by Crippen LogP contribution is -2.41. The number of sulfonamides is 1. The Morgan fingerprint density at radius 2 is 2.00 bits per heavy atom. The summed E-state index contributed by atoms with van der Waals surface area (Å²) in [6.45, 7) is 2.11. The predicted octanol–water partition coefficient (Wildman–Crippen LogP) is 2.35. The highest BCUT2D eigenvalue weighted by atomic mass is 32.2. The van der Waals surface area contributed by atoms with Crippen LogP contribution in [0.1, 0.15) is 36.0 Å². The van der Waals surface area contributed by atoms with Crippen LogP contribution in [0.3, 0.4) is 0 Å².